The third-order valence-electron chi connectivity index (χ3n) is 6.35. The van der Waals surface area contributed by atoms with E-state index in [1.165, 1.54) is 23.4 Å². The standard InChI is InChI=1S/C21H26N4O2S.2ClH/c26-19-7-3-5-16-13-10-14(12-22-11-13)20(25(16)19)21(27)23-9-8-18-24-15-4-1-2-6-17(15)28-18;;/h3,5,7,13-14,20,22H,1-2,4,6,8-12H2,(H,23,27);2*1H/t13-,14+,20-;;/m1../s1. The number of thiazole rings is 1. The summed E-state index contributed by atoms with van der Waals surface area (Å²) in [5.41, 5.74) is 2.19. The van der Waals surface area contributed by atoms with Crippen LogP contribution in [-0.4, -0.2) is 35.1 Å². The number of rotatable bonds is 4. The van der Waals surface area contributed by atoms with Gasteiger partial charge in [0.05, 0.1) is 10.7 Å². The number of aryl methyl sites for hydroxylation is 2. The largest absolute Gasteiger partial charge is 0.354 e. The number of amides is 1. The molecule has 0 radical (unpaired) electrons. The van der Waals surface area contributed by atoms with E-state index in [1.807, 2.05) is 12.1 Å². The summed E-state index contributed by atoms with van der Waals surface area (Å²) in [5, 5.41) is 7.65. The summed E-state index contributed by atoms with van der Waals surface area (Å²) >= 11 is 1.80. The molecule has 1 amide bonds. The van der Waals surface area contributed by atoms with Crippen molar-refractivity contribution in [3.63, 3.8) is 0 Å². The van der Waals surface area contributed by atoms with Crippen molar-refractivity contribution in [3.05, 3.63) is 49.8 Å². The predicted molar refractivity (Wildman–Crippen MR) is 123 cm³/mol. The van der Waals surface area contributed by atoms with Crippen LogP contribution in [0.15, 0.2) is 23.0 Å². The normalized spacial score (nSPS) is 23.9. The molecule has 6 nitrogen and oxygen atoms in total. The van der Waals surface area contributed by atoms with Crippen LogP contribution in [0.1, 0.15) is 52.5 Å². The number of hydrogen-bond donors (Lipinski definition) is 2. The first-order chi connectivity index (χ1) is 13.7. The van der Waals surface area contributed by atoms with Crippen LogP contribution < -0.4 is 16.2 Å². The molecule has 2 aliphatic heterocycles. The zero-order valence-electron chi connectivity index (χ0n) is 16.8. The van der Waals surface area contributed by atoms with Gasteiger partial charge >= 0.3 is 0 Å². The van der Waals surface area contributed by atoms with E-state index >= 15 is 0 Å². The van der Waals surface area contributed by atoms with Crippen molar-refractivity contribution < 1.29 is 4.79 Å². The van der Waals surface area contributed by atoms with E-state index in [2.05, 4.69) is 10.6 Å². The third-order valence-corrected chi connectivity index (χ3v) is 7.56. The molecule has 164 valence electrons. The molecule has 0 spiro atoms. The lowest BCUT2D eigenvalue weighted by Crippen LogP contribution is -2.52. The van der Waals surface area contributed by atoms with Crippen molar-refractivity contribution >= 4 is 42.1 Å². The summed E-state index contributed by atoms with van der Waals surface area (Å²) in [6.45, 7) is 2.24. The van der Waals surface area contributed by atoms with Crippen molar-refractivity contribution in [3.8, 4) is 0 Å². The SMILES string of the molecule is Cl.Cl.O=C(NCCc1nc2c(s1)CCCC2)[C@H]1[C@@H]2CNC[C@@H](C2)c2cccc(=O)n21. The van der Waals surface area contributed by atoms with Crippen LogP contribution in [0.25, 0.3) is 0 Å². The van der Waals surface area contributed by atoms with E-state index in [0.29, 0.717) is 12.5 Å². The quantitative estimate of drug-likeness (QED) is 0.719. The fraction of sp³-hybridized carbons (Fsp3) is 0.571. The van der Waals surface area contributed by atoms with Gasteiger partial charge in [-0.05, 0) is 38.2 Å². The molecule has 30 heavy (non-hydrogen) atoms. The van der Waals surface area contributed by atoms with Gasteiger partial charge in [-0.2, -0.15) is 0 Å². The molecule has 0 aromatic carbocycles. The number of hydrogen-bond acceptors (Lipinski definition) is 5. The van der Waals surface area contributed by atoms with Gasteiger partial charge in [0.1, 0.15) is 6.04 Å². The Morgan fingerprint density at radius 1 is 1.23 bits per heavy atom. The molecule has 1 fully saturated rings. The maximum absolute atomic E-state index is 13.1. The number of nitrogens with one attached hydrogen (secondary N) is 2. The maximum Gasteiger partial charge on any atom is 0.251 e. The number of carbonyl (C=O) groups is 1. The Kier molecular flexibility index (Phi) is 7.61. The van der Waals surface area contributed by atoms with Crippen LogP contribution >= 0.6 is 36.2 Å². The fourth-order valence-electron chi connectivity index (χ4n) is 5.04. The van der Waals surface area contributed by atoms with Crippen LogP contribution in [0.4, 0.5) is 0 Å². The minimum atomic E-state index is -0.419. The molecular weight excluding hydrogens is 443 g/mol. The molecule has 1 saturated heterocycles. The molecule has 2 N–H and O–H groups in total. The molecule has 3 aliphatic rings. The Hall–Kier alpha value is -1.41. The smallest absolute Gasteiger partial charge is 0.251 e. The first-order valence-corrected chi connectivity index (χ1v) is 11.2. The zero-order chi connectivity index (χ0) is 19.1. The van der Waals surface area contributed by atoms with Crippen molar-refractivity contribution in [1.29, 1.82) is 0 Å². The molecule has 5 rings (SSSR count). The van der Waals surface area contributed by atoms with E-state index in [1.54, 1.807) is 22.0 Å². The lowest BCUT2D eigenvalue weighted by Gasteiger charge is -2.42. The van der Waals surface area contributed by atoms with Crippen LogP contribution in [0, 0.1) is 5.92 Å². The second-order valence-electron chi connectivity index (χ2n) is 8.18. The van der Waals surface area contributed by atoms with Crippen LogP contribution in [0.5, 0.6) is 0 Å². The lowest BCUT2D eigenvalue weighted by atomic mass is 9.79. The first kappa shape index (κ1) is 23.3. The van der Waals surface area contributed by atoms with Gasteiger partial charge < -0.3 is 10.6 Å². The molecule has 9 heteroatoms. The average molecular weight is 471 g/mol. The molecule has 2 aromatic heterocycles. The first-order valence-electron chi connectivity index (χ1n) is 10.4. The lowest BCUT2D eigenvalue weighted by molar-refractivity contribution is -0.126. The van der Waals surface area contributed by atoms with Crippen LogP contribution in [0.2, 0.25) is 0 Å². The van der Waals surface area contributed by atoms with E-state index in [0.717, 1.165) is 49.5 Å². The van der Waals surface area contributed by atoms with Crippen molar-refractivity contribution in [1.82, 2.24) is 20.2 Å². The van der Waals surface area contributed by atoms with Gasteiger partial charge in [0, 0.05) is 54.5 Å². The fourth-order valence-corrected chi connectivity index (χ4v) is 6.20. The Labute approximate surface area is 192 Å². The number of carbonyl (C=O) groups excluding carboxylic acids is 1. The summed E-state index contributed by atoms with van der Waals surface area (Å²) in [6, 6.07) is 4.95. The topological polar surface area (TPSA) is 76.0 Å². The van der Waals surface area contributed by atoms with Crippen LogP contribution in [0.3, 0.4) is 0 Å². The highest BCUT2D eigenvalue weighted by Gasteiger charge is 2.41. The van der Waals surface area contributed by atoms with Gasteiger partial charge in [-0.3, -0.25) is 14.2 Å². The number of nitrogens with zero attached hydrogens (tertiary/aromatic N) is 2. The van der Waals surface area contributed by atoms with E-state index in [-0.39, 0.29) is 42.2 Å². The minimum Gasteiger partial charge on any atom is -0.354 e. The summed E-state index contributed by atoms with van der Waals surface area (Å²) in [4.78, 5) is 31.8. The maximum atomic E-state index is 13.1. The predicted octanol–water partition coefficient (Wildman–Crippen LogP) is 2.63. The number of fused-ring (bicyclic) bond motifs is 5. The van der Waals surface area contributed by atoms with Gasteiger partial charge in [-0.15, -0.1) is 36.2 Å². The van der Waals surface area contributed by atoms with Gasteiger partial charge in [-0.1, -0.05) is 6.07 Å². The minimum absolute atomic E-state index is 0. The molecule has 2 bridgehead atoms. The molecule has 0 unspecified atom stereocenters. The van der Waals surface area contributed by atoms with Crippen molar-refractivity contribution in [2.75, 3.05) is 19.6 Å². The van der Waals surface area contributed by atoms with Gasteiger partial charge in [0.25, 0.3) is 5.56 Å². The van der Waals surface area contributed by atoms with E-state index < -0.39 is 6.04 Å². The molecule has 3 atom stereocenters. The van der Waals surface area contributed by atoms with Gasteiger partial charge in [-0.25, -0.2) is 4.98 Å². The summed E-state index contributed by atoms with van der Waals surface area (Å²) in [5.74, 6) is 0.444. The van der Waals surface area contributed by atoms with Gasteiger partial charge in [0.2, 0.25) is 5.91 Å². The highest BCUT2D eigenvalue weighted by Crippen LogP contribution is 2.38. The average Bonchev–Trinajstić information content (AvgIpc) is 3.12. The Bertz CT molecular complexity index is 937. The molecule has 2 aromatic rings. The second kappa shape index (κ2) is 9.81. The molecule has 0 saturated carbocycles. The highest BCUT2D eigenvalue weighted by molar-refractivity contribution is 7.11. The molecular formula is C21H28Cl2N4O2S. The molecule has 1 aliphatic carbocycles. The number of pyridine rings is 1. The Morgan fingerprint density at radius 3 is 2.90 bits per heavy atom. The van der Waals surface area contributed by atoms with E-state index in [9.17, 15) is 9.59 Å². The monoisotopic (exact) mass is 470 g/mol. The second-order valence-corrected chi connectivity index (χ2v) is 9.35. The third kappa shape index (κ3) is 4.31. The zero-order valence-corrected chi connectivity index (χ0v) is 19.2. The summed E-state index contributed by atoms with van der Waals surface area (Å²) in [7, 11) is 0. The number of aromatic nitrogens is 2. The summed E-state index contributed by atoms with van der Waals surface area (Å²) in [6.07, 6.45) is 6.47. The highest BCUT2D eigenvalue weighted by atomic mass is 35.5. The Morgan fingerprint density at radius 2 is 2.07 bits per heavy atom. The van der Waals surface area contributed by atoms with E-state index in [4.69, 9.17) is 4.98 Å². The van der Waals surface area contributed by atoms with Crippen molar-refractivity contribution in [2.24, 2.45) is 5.92 Å². The van der Waals surface area contributed by atoms with Crippen LogP contribution in [-0.2, 0) is 24.1 Å². The van der Waals surface area contributed by atoms with Gasteiger partial charge in [0.15, 0.2) is 0 Å². The summed E-state index contributed by atoms with van der Waals surface area (Å²) < 4.78 is 1.75. The van der Waals surface area contributed by atoms with Crippen molar-refractivity contribution in [2.45, 2.75) is 50.5 Å². The molecule has 4 heterocycles. The number of piperidine rings is 1. The number of halogens is 2. The Balaban J connectivity index is 0.00000128.